The Bertz CT molecular complexity index is 605. The third kappa shape index (κ3) is 5.07. The number of rotatable bonds is 5. The molecule has 0 spiro atoms. The van der Waals surface area contributed by atoms with E-state index in [1.54, 1.807) is 12.3 Å². The molecule has 0 unspecified atom stereocenters. The van der Waals surface area contributed by atoms with Gasteiger partial charge in [0.05, 0.1) is 6.20 Å². The first-order chi connectivity index (χ1) is 9.85. The van der Waals surface area contributed by atoms with Crippen molar-refractivity contribution in [3.05, 3.63) is 39.7 Å². The molecule has 0 bridgehead atoms. The zero-order chi connectivity index (χ0) is 15.5. The van der Waals surface area contributed by atoms with Crippen molar-refractivity contribution in [1.82, 2.24) is 10.3 Å². The summed E-state index contributed by atoms with van der Waals surface area (Å²) in [4.78, 5) is 4.30. The quantitative estimate of drug-likeness (QED) is 0.595. The molecule has 0 aliphatic heterocycles. The lowest BCUT2D eigenvalue weighted by molar-refractivity contribution is 0.412. The lowest BCUT2D eigenvalue weighted by Crippen LogP contribution is -2.36. The Morgan fingerprint density at radius 2 is 2.10 bits per heavy atom. The molecular weight excluding hydrogens is 382 g/mol. The van der Waals surface area contributed by atoms with Crippen LogP contribution in [0.3, 0.4) is 0 Å². The molecule has 0 aliphatic rings. The van der Waals surface area contributed by atoms with Crippen LogP contribution in [0.25, 0.3) is 11.3 Å². The zero-order valence-corrected chi connectivity index (χ0v) is 14.7. The van der Waals surface area contributed by atoms with Gasteiger partial charge in [-0.15, -0.1) is 0 Å². The van der Waals surface area contributed by atoms with Crippen LogP contribution < -0.4 is 5.32 Å². The first kappa shape index (κ1) is 16.4. The van der Waals surface area contributed by atoms with Crippen molar-refractivity contribution in [2.24, 2.45) is 0 Å². The fourth-order valence-corrected chi connectivity index (χ4v) is 2.69. The maximum atomic E-state index is 13.1. The predicted molar refractivity (Wildman–Crippen MR) is 90.7 cm³/mol. The summed E-state index contributed by atoms with van der Waals surface area (Å²) in [7, 11) is 0. The minimum Gasteiger partial charge on any atom is -0.441 e. The van der Waals surface area contributed by atoms with E-state index in [1.807, 2.05) is 0 Å². The molecule has 1 aromatic heterocycles. The average Bonchev–Trinajstić information content (AvgIpc) is 2.82. The molecule has 0 saturated heterocycles. The third-order valence-corrected chi connectivity index (χ3v) is 3.87. The minimum atomic E-state index is -0.240. The lowest BCUT2D eigenvalue weighted by atomic mass is 10.1. The summed E-state index contributed by atoms with van der Waals surface area (Å²) in [6.45, 7) is 7.36. The second-order valence-corrected chi connectivity index (χ2v) is 7.18. The average molecular weight is 402 g/mol. The third-order valence-electron chi connectivity index (χ3n) is 2.97. The van der Waals surface area contributed by atoms with Gasteiger partial charge >= 0.3 is 0 Å². The van der Waals surface area contributed by atoms with Crippen LogP contribution in [-0.2, 0) is 6.42 Å². The van der Waals surface area contributed by atoms with E-state index < -0.39 is 0 Å². The standard InChI is InChI=1S/C16H20FIN2O/c1-16(2,3)20-8-4-5-15-19-10-14(21-15)12-7-6-11(17)9-13(12)18/h6-7,9-10,20H,4-5,8H2,1-3H3. The molecule has 21 heavy (non-hydrogen) atoms. The van der Waals surface area contributed by atoms with Crippen LogP contribution in [0, 0.1) is 9.39 Å². The fraction of sp³-hybridized carbons (Fsp3) is 0.438. The molecule has 0 atom stereocenters. The summed E-state index contributed by atoms with van der Waals surface area (Å²) in [5, 5.41) is 3.43. The maximum Gasteiger partial charge on any atom is 0.194 e. The topological polar surface area (TPSA) is 38.1 Å². The Morgan fingerprint density at radius 1 is 1.33 bits per heavy atom. The van der Waals surface area contributed by atoms with Crippen LogP contribution in [0.5, 0.6) is 0 Å². The SMILES string of the molecule is CC(C)(C)NCCCc1ncc(-c2ccc(F)cc2I)o1. The molecule has 1 N–H and O–H groups in total. The van der Waals surface area contributed by atoms with Crippen LogP contribution in [0.4, 0.5) is 4.39 Å². The number of oxazole rings is 1. The smallest absolute Gasteiger partial charge is 0.194 e. The van der Waals surface area contributed by atoms with Crippen molar-refractivity contribution < 1.29 is 8.81 Å². The molecule has 5 heteroatoms. The highest BCUT2D eigenvalue weighted by Crippen LogP contribution is 2.26. The largest absolute Gasteiger partial charge is 0.441 e. The summed E-state index contributed by atoms with van der Waals surface area (Å²) in [6.07, 6.45) is 3.47. The van der Waals surface area contributed by atoms with Gasteiger partial charge in [0.15, 0.2) is 11.7 Å². The van der Waals surface area contributed by atoms with Crippen molar-refractivity contribution in [2.75, 3.05) is 6.54 Å². The molecular formula is C16H20FIN2O. The zero-order valence-electron chi connectivity index (χ0n) is 12.5. The van der Waals surface area contributed by atoms with Crippen LogP contribution >= 0.6 is 22.6 Å². The number of hydrogen-bond acceptors (Lipinski definition) is 3. The lowest BCUT2D eigenvalue weighted by Gasteiger charge is -2.20. The van der Waals surface area contributed by atoms with Gasteiger partial charge in [-0.05, 0) is 74.5 Å². The second-order valence-electron chi connectivity index (χ2n) is 6.02. The van der Waals surface area contributed by atoms with Gasteiger partial charge in [0.1, 0.15) is 5.82 Å². The highest BCUT2D eigenvalue weighted by Gasteiger charge is 2.11. The summed E-state index contributed by atoms with van der Waals surface area (Å²) >= 11 is 2.10. The Kier molecular flexibility index (Phi) is 5.37. The summed E-state index contributed by atoms with van der Waals surface area (Å²) < 4.78 is 19.7. The fourth-order valence-electron chi connectivity index (χ4n) is 1.94. The summed E-state index contributed by atoms with van der Waals surface area (Å²) in [5.41, 5.74) is 1.01. The predicted octanol–water partition coefficient (Wildman–Crippen LogP) is 4.41. The molecule has 0 saturated carbocycles. The number of hydrogen-bond donors (Lipinski definition) is 1. The van der Waals surface area contributed by atoms with Crippen LogP contribution in [-0.4, -0.2) is 17.1 Å². The molecule has 0 amide bonds. The van der Waals surface area contributed by atoms with Crippen LogP contribution in [0.15, 0.2) is 28.8 Å². The number of halogens is 2. The van der Waals surface area contributed by atoms with E-state index in [1.165, 1.54) is 12.1 Å². The van der Waals surface area contributed by atoms with Gasteiger partial charge in [-0.3, -0.25) is 0 Å². The Morgan fingerprint density at radius 3 is 2.76 bits per heavy atom. The van der Waals surface area contributed by atoms with Gasteiger partial charge in [-0.25, -0.2) is 9.37 Å². The van der Waals surface area contributed by atoms with Gasteiger partial charge in [0, 0.05) is 21.1 Å². The molecule has 3 nitrogen and oxygen atoms in total. The molecule has 1 aromatic carbocycles. The Balaban J connectivity index is 1.95. The minimum absolute atomic E-state index is 0.131. The second kappa shape index (κ2) is 6.87. The highest BCUT2D eigenvalue weighted by molar-refractivity contribution is 14.1. The van der Waals surface area contributed by atoms with E-state index in [2.05, 4.69) is 53.7 Å². The van der Waals surface area contributed by atoms with Crippen LogP contribution in [0.2, 0.25) is 0 Å². The van der Waals surface area contributed by atoms with Crippen molar-refractivity contribution in [3.63, 3.8) is 0 Å². The van der Waals surface area contributed by atoms with E-state index in [0.717, 1.165) is 34.4 Å². The number of nitrogens with one attached hydrogen (secondary N) is 1. The summed E-state index contributed by atoms with van der Waals surface area (Å²) in [5.74, 6) is 1.18. The van der Waals surface area contributed by atoms with E-state index in [9.17, 15) is 4.39 Å². The van der Waals surface area contributed by atoms with E-state index >= 15 is 0 Å². The first-order valence-electron chi connectivity index (χ1n) is 7.00. The normalized spacial score (nSPS) is 11.9. The number of benzene rings is 1. The number of nitrogens with zero attached hydrogens (tertiary/aromatic N) is 1. The van der Waals surface area contributed by atoms with Crippen LogP contribution in [0.1, 0.15) is 33.1 Å². The van der Waals surface area contributed by atoms with Gasteiger partial charge in [-0.1, -0.05) is 0 Å². The van der Waals surface area contributed by atoms with Crippen molar-refractivity contribution in [2.45, 2.75) is 39.2 Å². The van der Waals surface area contributed by atoms with Crippen molar-refractivity contribution >= 4 is 22.6 Å². The molecule has 114 valence electrons. The molecule has 0 aliphatic carbocycles. The first-order valence-corrected chi connectivity index (χ1v) is 8.08. The Labute approximate surface area is 138 Å². The van der Waals surface area contributed by atoms with Gasteiger partial charge in [-0.2, -0.15) is 0 Å². The number of aromatic nitrogens is 1. The van der Waals surface area contributed by atoms with Gasteiger partial charge in [0.25, 0.3) is 0 Å². The van der Waals surface area contributed by atoms with Gasteiger partial charge < -0.3 is 9.73 Å². The maximum absolute atomic E-state index is 13.1. The summed E-state index contributed by atoms with van der Waals surface area (Å²) in [6, 6.07) is 4.65. The Hall–Kier alpha value is -0.950. The van der Waals surface area contributed by atoms with Crippen molar-refractivity contribution in [1.29, 1.82) is 0 Å². The molecule has 1 heterocycles. The van der Waals surface area contributed by atoms with Gasteiger partial charge in [0.2, 0.25) is 0 Å². The molecule has 0 fully saturated rings. The number of aryl methyl sites for hydroxylation is 1. The molecule has 0 radical (unpaired) electrons. The van der Waals surface area contributed by atoms with E-state index in [0.29, 0.717) is 5.76 Å². The monoisotopic (exact) mass is 402 g/mol. The molecule has 2 rings (SSSR count). The molecule has 2 aromatic rings. The van der Waals surface area contributed by atoms with E-state index in [4.69, 9.17) is 4.42 Å². The van der Waals surface area contributed by atoms with Crippen molar-refractivity contribution in [3.8, 4) is 11.3 Å². The van der Waals surface area contributed by atoms with E-state index in [-0.39, 0.29) is 11.4 Å². The highest BCUT2D eigenvalue weighted by atomic mass is 127.